The first kappa shape index (κ1) is 8.51. The van der Waals surface area contributed by atoms with Crippen LogP contribution in [0.15, 0.2) is 17.4 Å². The highest BCUT2D eigenvalue weighted by Gasteiger charge is 2.18. The molecule has 0 bridgehead atoms. The van der Waals surface area contributed by atoms with Gasteiger partial charge >= 0.3 is 0 Å². The molecule has 0 aromatic heterocycles. The second-order valence-electron chi connectivity index (χ2n) is 2.26. The number of nitro groups is 1. The number of guanidine groups is 1. The Bertz CT molecular complexity index is 236. The van der Waals surface area contributed by atoms with Gasteiger partial charge in [-0.1, -0.05) is 6.08 Å². The normalized spacial score (nSPS) is 20.4. The van der Waals surface area contributed by atoms with E-state index in [1.54, 1.807) is 11.1 Å². The van der Waals surface area contributed by atoms with Crippen molar-refractivity contribution >= 4 is 5.96 Å². The zero-order valence-corrected chi connectivity index (χ0v) is 6.73. The fourth-order valence-electron chi connectivity index (χ4n) is 0.991. The van der Waals surface area contributed by atoms with Crippen molar-refractivity contribution in [3.05, 3.63) is 22.4 Å². The molecule has 0 radical (unpaired) electrons. The first-order valence-corrected chi connectivity index (χ1v) is 3.60. The van der Waals surface area contributed by atoms with Crippen molar-refractivity contribution in [2.75, 3.05) is 13.1 Å². The summed E-state index contributed by atoms with van der Waals surface area (Å²) in [7, 11) is 0. The van der Waals surface area contributed by atoms with Crippen molar-refractivity contribution in [2.24, 2.45) is 5.10 Å². The molecule has 1 heterocycles. The van der Waals surface area contributed by atoms with Crippen molar-refractivity contribution in [2.45, 2.75) is 6.92 Å². The largest absolute Gasteiger partial charge is 0.349 e. The van der Waals surface area contributed by atoms with Gasteiger partial charge in [0.05, 0.1) is 0 Å². The van der Waals surface area contributed by atoms with Gasteiger partial charge in [-0.2, -0.15) is 0 Å². The number of hydrogen-bond donors (Lipinski definition) is 1. The topological polar surface area (TPSA) is 70.8 Å². The van der Waals surface area contributed by atoms with Crippen molar-refractivity contribution in [1.82, 2.24) is 10.2 Å². The standard InChI is InChI=1S/C6H10N4O2/c1-2-4-9-5-3-7-6(9)8-10(11)12/h2,4H,3,5H2,1H3,(H,7,8)/b4-2-. The molecule has 6 heteroatoms. The highest BCUT2D eigenvalue weighted by Crippen LogP contribution is 1.97. The average Bonchev–Trinajstić information content (AvgIpc) is 2.37. The van der Waals surface area contributed by atoms with Crippen LogP contribution < -0.4 is 5.32 Å². The van der Waals surface area contributed by atoms with E-state index in [9.17, 15) is 10.1 Å². The van der Waals surface area contributed by atoms with Crippen LogP contribution in [-0.4, -0.2) is 29.0 Å². The molecule has 0 amide bonds. The first-order chi connectivity index (χ1) is 5.74. The molecular formula is C6H10N4O2. The van der Waals surface area contributed by atoms with E-state index in [-0.39, 0.29) is 0 Å². The molecule has 1 aliphatic heterocycles. The summed E-state index contributed by atoms with van der Waals surface area (Å²) in [6.07, 6.45) is 3.56. The van der Waals surface area contributed by atoms with E-state index in [0.717, 1.165) is 6.54 Å². The minimum atomic E-state index is -0.704. The molecule has 0 aliphatic carbocycles. The van der Waals surface area contributed by atoms with Crippen molar-refractivity contribution in [3.63, 3.8) is 0 Å². The zero-order valence-electron chi connectivity index (χ0n) is 6.73. The van der Waals surface area contributed by atoms with Crippen LogP contribution in [0.4, 0.5) is 0 Å². The maximum Gasteiger partial charge on any atom is 0.275 e. The van der Waals surface area contributed by atoms with Crippen molar-refractivity contribution in [1.29, 1.82) is 0 Å². The van der Waals surface area contributed by atoms with Gasteiger partial charge in [-0.3, -0.25) is 0 Å². The van der Waals surface area contributed by atoms with E-state index in [4.69, 9.17) is 0 Å². The van der Waals surface area contributed by atoms with Gasteiger partial charge in [0.15, 0.2) is 5.03 Å². The summed E-state index contributed by atoms with van der Waals surface area (Å²) < 4.78 is 0. The number of rotatable bonds is 2. The van der Waals surface area contributed by atoms with Crippen molar-refractivity contribution < 1.29 is 5.03 Å². The second-order valence-corrected chi connectivity index (χ2v) is 2.26. The minimum absolute atomic E-state index is 0.304. The molecule has 1 N–H and O–H groups in total. The lowest BCUT2D eigenvalue weighted by molar-refractivity contribution is -0.485. The van der Waals surface area contributed by atoms with Crippen LogP contribution in [0.1, 0.15) is 6.92 Å². The smallest absolute Gasteiger partial charge is 0.275 e. The molecule has 0 atom stereocenters. The summed E-state index contributed by atoms with van der Waals surface area (Å²) in [5.41, 5.74) is 0. The van der Waals surface area contributed by atoms with Gasteiger partial charge in [-0.15, -0.1) is 0 Å². The Balaban J connectivity index is 2.69. The average molecular weight is 170 g/mol. The summed E-state index contributed by atoms with van der Waals surface area (Å²) in [6.45, 7) is 3.26. The molecule has 0 saturated carbocycles. The Morgan fingerprint density at radius 1 is 1.83 bits per heavy atom. The third-order valence-electron chi connectivity index (χ3n) is 1.41. The first-order valence-electron chi connectivity index (χ1n) is 3.60. The third-order valence-corrected chi connectivity index (χ3v) is 1.41. The molecule has 1 saturated heterocycles. The highest BCUT2D eigenvalue weighted by atomic mass is 16.7. The van der Waals surface area contributed by atoms with Crippen molar-refractivity contribution in [3.8, 4) is 0 Å². The molecule has 6 nitrogen and oxygen atoms in total. The van der Waals surface area contributed by atoms with E-state index in [2.05, 4.69) is 10.4 Å². The SMILES string of the molecule is C/C=C\N1CCN/C1=N\[N+](=O)[O-]. The molecule has 0 spiro atoms. The predicted octanol–water partition coefficient (Wildman–Crippen LogP) is -0.0271. The Labute approximate surface area is 69.7 Å². The maximum absolute atomic E-state index is 10.0. The van der Waals surface area contributed by atoms with Gasteiger partial charge in [0, 0.05) is 19.3 Å². The van der Waals surface area contributed by atoms with Gasteiger partial charge in [0.1, 0.15) is 5.10 Å². The molecule has 66 valence electrons. The Morgan fingerprint density at radius 2 is 2.58 bits per heavy atom. The van der Waals surface area contributed by atoms with Crippen LogP contribution in [0.25, 0.3) is 0 Å². The van der Waals surface area contributed by atoms with Gasteiger partial charge < -0.3 is 10.2 Å². The number of hydrogen-bond acceptors (Lipinski definition) is 2. The zero-order chi connectivity index (χ0) is 8.97. The van der Waals surface area contributed by atoms with E-state index in [1.807, 2.05) is 13.0 Å². The molecule has 0 unspecified atom stereocenters. The molecule has 0 aromatic rings. The maximum atomic E-state index is 10.0. The van der Waals surface area contributed by atoms with E-state index in [0.29, 0.717) is 12.5 Å². The van der Waals surface area contributed by atoms with Gasteiger partial charge in [0.25, 0.3) is 5.96 Å². The van der Waals surface area contributed by atoms with Gasteiger partial charge in [-0.25, -0.2) is 10.1 Å². The summed E-state index contributed by atoms with van der Waals surface area (Å²) in [6, 6.07) is 0. The summed E-state index contributed by atoms with van der Waals surface area (Å²) in [5.74, 6) is 0.304. The van der Waals surface area contributed by atoms with Crippen LogP contribution in [-0.2, 0) is 0 Å². The lowest BCUT2D eigenvalue weighted by Crippen LogP contribution is -2.26. The monoisotopic (exact) mass is 170 g/mol. The Morgan fingerprint density at radius 3 is 3.17 bits per heavy atom. The summed E-state index contributed by atoms with van der Waals surface area (Å²) >= 11 is 0. The lowest BCUT2D eigenvalue weighted by Gasteiger charge is -2.07. The molecular weight excluding hydrogens is 160 g/mol. The van der Waals surface area contributed by atoms with E-state index in [1.165, 1.54) is 0 Å². The fraction of sp³-hybridized carbons (Fsp3) is 0.500. The van der Waals surface area contributed by atoms with E-state index >= 15 is 0 Å². The van der Waals surface area contributed by atoms with Crippen LogP contribution in [0.3, 0.4) is 0 Å². The predicted molar refractivity (Wildman–Crippen MR) is 44.0 cm³/mol. The quantitative estimate of drug-likeness (QED) is 0.466. The van der Waals surface area contributed by atoms with Crippen LogP contribution in [0, 0.1) is 10.1 Å². The summed E-state index contributed by atoms with van der Waals surface area (Å²) in [4.78, 5) is 11.7. The van der Waals surface area contributed by atoms with Crippen LogP contribution >= 0.6 is 0 Å². The van der Waals surface area contributed by atoms with E-state index < -0.39 is 5.03 Å². The third kappa shape index (κ3) is 1.94. The lowest BCUT2D eigenvalue weighted by atomic mass is 10.6. The Hall–Kier alpha value is -1.59. The van der Waals surface area contributed by atoms with Crippen LogP contribution in [0.2, 0.25) is 0 Å². The van der Waals surface area contributed by atoms with Gasteiger partial charge in [0.2, 0.25) is 0 Å². The number of allylic oxidation sites excluding steroid dienone is 1. The number of nitrogens with zero attached hydrogens (tertiary/aromatic N) is 3. The molecule has 1 fully saturated rings. The minimum Gasteiger partial charge on any atom is -0.349 e. The molecule has 12 heavy (non-hydrogen) atoms. The fourth-order valence-corrected chi connectivity index (χ4v) is 0.991. The Kier molecular flexibility index (Phi) is 2.62. The highest BCUT2D eigenvalue weighted by molar-refractivity contribution is 5.82. The van der Waals surface area contributed by atoms with Gasteiger partial charge in [-0.05, 0) is 6.92 Å². The molecule has 1 rings (SSSR count). The second kappa shape index (κ2) is 3.70. The number of hydrazone groups is 1. The molecule has 1 aliphatic rings. The van der Waals surface area contributed by atoms with Crippen LogP contribution in [0.5, 0.6) is 0 Å². The molecule has 0 aromatic carbocycles. The summed E-state index contributed by atoms with van der Waals surface area (Å²) in [5, 5.41) is 15.3. The number of nitrogens with one attached hydrogen (secondary N) is 1.